The molecule has 1 aromatic carbocycles. The number of likely N-dealkylation sites (tertiary alicyclic amines) is 1. The Hall–Kier alpha value is -2.08. The van der Waals surface area contributed by atoms with E-state index in [2.05, 4.69) is 17.1 Å². The molecule has 2 amide bonds. The van der Waals surface area contributed by atoms with Crippen molar-refractivity contribution in [3.8, 4) is 5.75 Å². The van der Waals surface area contributed by atoms with E-state index in [0.717, 1.165) is 18.7 Å². The van der Waals surface area contributed by atoms with Gasteiger partial charge in [0.15, 0.2) is 6.61 Å². The minimum atomic E-state index is -0.101. The van der Waals surface area contributed by atoms with E-state index in [4.69, 9.17) is 4.74 Å². The summed E-state index contributed by atoms with van der Waals surface area (Å²) < 4.78 is 5.42. The number of anilines is 1. The first-order valence-corrected chi connectivity index (χ1v) is 9.68. The number of nitrogens with zero attached hydrogens (tertiary/aromatic N) is 2. The second kappa shape index (κ2) is 9.03. The molecule has 0 aromatic heterocycles. The number of ether oxygens (including phenoxy) is 1. The second-order valence-electron chi connectivity index (χ2n) is 7.14. The summed E-state index contributed by atoms with van der Waals surface area (Å²) in [6, 6.07) is 8.10. The number of hydrogen-bond donors (Lipinski definition) is 1. The van der Waals surface area contributed by atoms with Gasteiger partial charge in [0.25, 0.3) is 5.91 Å². The average molecular weight is 359 g/mol. The van der Waals surface area contributed by atoms with Gasteiger partial charge in [-0.2, -0.15) is 0 Å². The summed E-state index contributed by atoms with van der Waals surface area (Å²) in [4.78, 5) is 28.4. The van der Waals surface area contributed by atoms with Gasteiger partial charge in [0.1, 0.15) is 5.75 Å². The standard InChI is InChI=1S/C20H29N3O3/c1-16-7-4-5-12-22(16)13-6-11-21-19(24)10-14-23-17-8-2-3-9-18(17)26-15-20(23)25/h2-3,8-9,16H,4-7,10-15H2,1H3,(H,21,24)/t16-/m0/s1. The van der Waals surface area contributed by atoms with Crippen molar-refractivity contribution in [1.29, 1.82) is 0 Å². The number of amides is 2. The number of piperidine rings is 1. The molecule has 142 valence electrons. The third-order valence-corrected chi connectivity index (χ3v) is 5.26. The van der Waals surface area contributed by atoms with Crippen LogP contribution in [0.25, 0.3) is 0 Å². The van der Waals surface area contributed by atoms with E-state index in [9.17, 15) is 9.59 Å². The van der Waals surface area contributed by atoms with Gasteiger partial charge >= 0.3 is 0 Å². The fraction of sp³-hybridized carbons (Fsp3) is 0.600. The van der Waals surface area contributed by atoms with Crippen molar-refractivity contribution in [2.75, 3.05) is 37.7 Å². The first-order chi connectivity index (χ1) is 12.6. The van der Waals surface area contributed by atoms with Crippen molar-refractivity contribution < 1.29 is 14.3 Å². The molecule has 6 heteroatoms. The van der Waals surface area contributed by atoms with Crippen LogP contribution < -0.4 is 15.0 Å². The Morgan fingerprint density at radius 3 is 2.96 bits per heavy atom. The summed E-state index contributed by atoms with van der Waals surface area (Å²) in [7, 11) is 0. The monoisotopic (exact) mass is 359 g/mol. The van der Waals surface area contributed by atoms with Crippen LogP contribution in [0.4, 0.5) is 5.69 Å². The summed E-state index contributed by atoms with van der Waals surface area (Å²) >= 11 is 0. The Morgan fingerprint density at radius 2 is 2.12 bits per heavy atom. The first kappa shape index (κ1) is 18.7. The lowest BCUT2D eigenvalue weighted by atomic mass is 10.0. The zero-order valence-corrected chi connectivity index (χ0v) is 15.6. The van der Waals surface area contributed by atoms with E-state index < -0.39 is 0 Å². The molecular formula is C20H29N3O3. The van der Waals surface area contributed by atoms with Crippen molar-refractivity contribution in [3.05, 3.63) is 24.3 Å². The van der Waals surface area contributed by atoms with Gasteiger partial charge in [-0.25, -0.2) is 0 Å². The lowest BCUT2D eigenvalue weighted by Crippen LogP contribution is -2.41. The fourth-order valence-electron chi connectivity index (χ4n) is 3.70. The molecule has 0 radical (unpaired) electrons. The molecule has 1 N–H and O–H groups in total. The normalized spacial score (nSPS) is 20.4. The van der Waals surface area contributed by atoms with Gasteiger partial charge in [-0.05, 0) is 44.9 Å². The fourth-order valence-corrected chi connectivity index (χ4v) is 3.70. The van der Waals surface area contributed by atoms with Gasteiger partial charge in [-0.3, -0.25) is 9.59 Å². The lowest BCUT2D eigenvalue weighted by molar-refractivity contribution is -0.122. The Morgan fingerprint density at radius 1 is 1.27 bits per heavy atom. The topological polar surface area (TPSA) is 61.9 Å². The summed E-state index contributed by atoms with van der Waals surface area (Å²) in [5.74, 6) is 0.590. The van der Waals surface area contributed by atoms with E-state index in [1.54, 1.807) is 4.90 Å². The van der Waals surface area contributed by atoms with Crippen LogP contribution in [0.5, 0.6) is 5.75 Å². The van der Waals surface area contributed by atoms with Crippen LogP contribution >= 0.6 is 0 Å². The minimum Gasteiger partial charge on any atom is -0.482 e. The van der Waals surface area contributed by atoms with Crippen molar-refractivity contribution >= 4 is 17.5 Å². The zero-order valence-electron chi connectivity index (χ0n) is 15.6. The number of carbonyl (C=O) groups is 2. The molecule has 6 nitrogen and oxygen atoms in total. The highest BCUT2D eigenvalue weighted by Crippen LogP contribution is 2.31. The van der Waals surface area contributed by atoms with Crippen molar-refractivity contribution in [2.24, 2.45) is 0 Å². The maximum atomic E-state index is 12.1. The van der Waals surface area contributed by atoms with Crippen LogP contribution in [-0.2, 0) is 9.59 Å². The molecular weight excluding hydrogens is 330 g/mol. The van der Waals surface area contributed by atoms with Crippen LogP contribution in [0, 0.1) is 0 Å². The van der Waals surface area contributed by atoms with E-state index in [-0.39, 0.29) is 18.4 Å². The Kier molecular flexibility index (Phi) is 6.50. The molecule has 2 heterocycles. The molecule has 1 fully saturated rings. The summed E-state index contributed by atoms with van der Waals surface area (Å²) in [5, 5.41) is 2.98. The number of fused-ring (bicyclic) bond motifs is 1. The molecule has 1 aromatic rings. The van der Waals surface area contributed by atoms with Crippen molar-refractivity contribution in [1.82, 2.24) is 10.2 Å². The summed E-state index contributed by atoms with van der Waals surface area (Å²) in [5.41, 5.74) is 0.746. The SMILES string of the molecule is C[C@H]1CCCCN1CCCNC(=O)CCN1C(=O)COc2ccccc21. The van der Waals surface area contributed by atoms with E-state index >= 15 is 0 Å². The minimum absolute atomic E-state index is 0.00605. The number of benzene rings is 1. The Labute approximate surface area is 155 Å². The van der Waals surface area contributed by atoms with Gasteiger partial charge in [-0.15, -0.1) is 0 Å². The quantitative estimate of drug-likeness (QED) is 0.758. The van der Waals surface area contributed by atoms with Crippen molar-refractivity contribution in [2.45, 2.75) is 45.1 Å². The summed E-state index contributed by atoms with van der Waals surface area (Å²) in [6.45, 7) is 5.61. The van der Waals surface area contributed by atoms with Gasteiger partial charge in [0, 0.05) is 32.1 Å². The molecule has 0 unspecified atom stereocenters. The highest BCUT2D eigenvalue weighted by atomic mass is 16.5. The summed E-state index contributed by atoms with van der Waals surface area (Å²) in [6.07, 6.45) is 5.17. The number of carbonyl (C=O) groups excluding carboxylic acids is 2. The molecule has 1 atom stereocenters. The van der Waals surface area contributed by atoms with E-state index in [1.165, 1.54) is 25.8 Å². The van der Waals surface area contributed by atoms with Crippen molar-refractivity contribution in [3.63, 3.8) is 0 Å². The van der Waals surface area contributed by atoms with Crippen LogP contribution in [0.15, 0.2) is 24.3 Å². The largest absolute Gasteiger partial charge is 0.482 e. The predicted molar refractivity (Wildman–Crippen MR) is 101 cm³/mol. The van der Waals surface area contributed by atoms with Crippen LogP contribution in [0.2, 0.25) is 0 Å². The van der Waals surface area contributed by atoms with Crippen LogP contribution in [-0.4, -0.2) is 55.5 Å². The maximum Gasteiger partial charge on any atom is 0.265 e. The van der Waals surface area contributed by atoms with Crippen LogP contribution in [0.3, 0.4) is 0 Å². The molecule has 2 aliphatic heterocycles. The Balaban J connectivity index is 1.38. The molecule has 1 saturated heterocycles. The highest BCUT2D eigenvalue weighted by molar-refractivity contribution is 5.98. The predicted octanol–water partition coefficient (Wildman–Crippen LogP) is 2.18. The maximum absolute atomic E-state index is 12.1. The number of hydrogen-bond acceptors (Lipinski definition) is 4. The highest BCUT2D eigenvalue weighted by Gasteiger charge is 2.25. The smallest absolute Gasteiger partial charge is 0.265 e. The zero-order chi connectivity index (χ0) is 18.4. The molecule has 2 aliphatic rings. The van der Waals surface area contributed by atoms with Gasteiger partial charge in [0.2, 0.25) is 5.91 Å². The van der Waals surface area contributed by atoms with Gasteiger partial charge < -0.3 is 19.9 Å². The number of para-hydroxylation sites is 2. The molecule has 3 rings (SSSR count). The van der Waals surface area contributed by atoms with E-state index in [1.807, 2.05) is 24.3 Å². The number of rotatable bonds is 7. The molecule has 0 bridgehead atoms. The third kappa shape index (κ3) is 4.75. The first-order valence-electron chi connectivity index (χ1n) is 9.68. The van der Waals surface area contributed by atoms with Gasteiger partial charge in [0.05, 0.1) is 5.69 Å². The van der Waals surface area contributed by atoms with Gasteiger partial charge in [-0.1, -0.05) is 18.6 Å². The molecule has 0 aliphatic carbocycles. The second-order valence-corrected chi connectivity index (χ2v) is 7.14. The molecule has 0 saturated carbocycles. The third-order valence-electron chi connectivity index (χ3n) is 5.26. The number of nitrogens with one attached hydrogen (secondary N) is 1. The molecule has 0 spiro atoms. The average Bonchev–Trinajstić information content (AvgIpc) is 2.65. The van der Waals surface area contributed by atoms with Crippen LogP contribution in [0.1, 0.15) is 39.0 Å². The molecule has 26 heavy (non-hydrogen) atoms. The van der Waals surface area contributed by atoms with E-state index in [0.29, 0.717) is 31.3 Å². The Bertz CT molecular complexity index is 634. The lowest BCUT2D eigenvalue weighted by Gasteiger charge is -2.33.